The summed E-state index contributed by atoms with van der Waals surface area (Å²) in [6, 6.07) is 6.72. The Bertz CT molecular complexity index is 446. The molecule has 18 heavy (non-hydrogen) atoms. The van der Waals surface area contributed by atoms with Crippen molar-refractivity contribution in [2.24, 2.45) is 17.8 Å². The Morgan fingerprint density at radius 3 is 2.78 bits per heavy atom. The topological polar surface area (TPSA) is 38.0 Å². The lowest BCUT2D eigenvalue weighted by molar-refractivity contribution is 0.304. The zero-order chi connectivity index (χ0) is 12.7. The molecule has 98 valence electrons. The van der Waals surface area contributed by atoms with Crippen molar-refractivity contribution in [3.8, 4) is 0 Å². The van der Waals surface area contributed by atoms with E-state index >= 15 is 0 Å². The highest BCUT2D eigenvalue weighted by Crippen LogP contribution is 2.49. The first-order chi connectivity index (χ1) is 8.63. The van der Waals surface area contributed by atoms with Crippen molar-refractivity contribution in [1.82, 2.24) is 0 Å². The number of nitrogen functional groups attached to an aromatic ring is 1. The van der Waals surface area contributed by atoms with Gasteiger partial charge in [-0.1, -0.05) is 6.42 Å². The van der Waals surface area contributed by atoms with E-state index in [-0.39, 0.29) is 0 Å². The molecule has 2 saturated carbocycles. The van der Waals surface area contributed by atoms with E-state index < -0.39 is 0 Å². The number of rotatable bonds is 3. The van der Waals surface area contributed by atoms with E-state index in [0.717, 1.165) is 23.4 Å². The predicted molar refractivity (Wildman–Crippen MR) is 85.6 cm³/mol. The molecule has 0 radical (unpaired) electrons. The van der Waals surface area contributed by atoms with Crippen LogP contribution >= 0.6 is 22.6 Å². The third-order valence-corrected chi connectivity index (χ3v) is 5.70. The van der Waals surface area contributed by atoms with Crippen LogP contribution in [0.4, 0.5) is 11.4 Å². The quantitative estimate of drug-likeness (QED) is 0.632. The Morgan fingerprint density at radius 1 is 1.33 bits per heavy atom. The Labute approximate surface area is 123 Å². The van der Waals surface area contributed by atoms with Gasteiger partial charge >= 0.3 is 0 Å². The molecule has 0 saturated heterocycles. The molecule has 3 heteroatoms. The average Bonchev–Trinajstić information content (AvgIpc) is 2.94. The molecule has 2 bridgehead atoms. The van der Waals surface area contributed by atoms with E-state index in [4.69, 9.17) is 5.73 Å². The normalized spacial score (nSPS) is 31.6. The van der Waals surface area contributed by atoms with E-state index in [1.807, 2.05) is 12.1 Å². The van der Waals surface area contributed by atoms with Gasteiger partial charge in [-0.15, -0.1) is 0 Å². The van der Waals surface area contributed by atoms with Crippen LogP contribution in [0.15, 0.2) is 18.2 Å². The lowest BCUT2D eigenvalue weighted by atomic mass is 9.84. The first-order valence-electron chi connectivity index (χ1n) is 6.95. The van der Waals surface area contributed by atoms with E-state index in [1.54, 1.807) is 0 Å². The molecule has 2 aliphatic carbocycles. The Balaban J connectivity index is 1.69. The van der Waals surface area contributed by atoms with Gasteiger partial charge in [0.05, 0.1) is 0 Å². The smallest absolute Gasteiger partial charge is 0.0479 e. The zero-order valence-electron chi connectivity index (χ0n) is 10.8. The fourth-order valence-electron chi connectivity index (χ4n) is 3.91. The number of hydrogen-bond donors (Lipinski definition) is 2. The fraction of sp³-hybridized carbons (Fsp3) is 0.600. The highest BCUT2D eigenvalue weighted by molar-refractivity contribution is 14.1. The van der Waals surface area contributed by atoms with Gasteiger partial charge in [0, 0.05) is 21.0 Å². The second-order valence-corrected chi connectivity index (χ2v) is 7.17. The van der Waals surface area contributed by atoms with Crippen LogP contribution in [-0.4, -0.2) is 6.04 Å². The van der Waals surface area contributed by atoms with Gasteiger partial charge in [-0.2, -0.15) is 0 Å². The van der Waals surface area contributed by atoms with Crippen molar-refractivity contribution < 1.29 is 0 Å². The molecule has 0 aromatic heterocycles. The highest BCUT2D eigenvalue weighted by atomic mass is 127. The standard InChI is InChI=1S/C15H21IN2/c1-9(13-7-10-2-3-11(13)6-10)18-15-5-4-12(17)8-14(15)16/h4-5,8-11,13,18H,2-3,6-7,17H2,1H3. The van der Waals surface area contributed by atoms with Crippen molar-refractivity contribution in [1.29, 1.82) is 0 Å². The molecule has 2 nitrogen and oxygen atoms in total. The van der Waals surface area contributed by atoms with Crippen LogP contribution < -0.4 is 11.1 Å². The van der Waals surface area contributed by atoms with Crippen LogP contribution in [0.1, 0.15) is 32.6 Å². The monoisotopic (exact) mass is 356 g/mol. The highest BCUT2D eigenvalue weighted by Gasteiger charge is 2.41. The van der Waals surface area contributed by atoms with Crippen LogP contribution in [0.5, 0.6) is 0 Å². The summed E-state index contributed by atoms with van der Waals surface area (Å²) in [5.41, 5.74) is 7.88. The number of hydrogen-bond acceptors (Lipinski definition) is 2. The fourth-order valence-corrected chi connectivity index (χ4v) is 4.60. The van der Waals surface area contributed by atoms with Gasteiger partial charge in [0.1, 0.15) is 0 Å². The number of fused-ring (bicyclic) bond motifs is 2. The van der Waals surface area contributed by atoms with Gasteiger partial charge in [0.25, 0.3) is 0 Å². The molecule has 2 aliphatic rings. The number of benzene rings is 1. The molecular formula is C15H21IN2. The van der Waals surface area contributed by atoms with Crippen LogP contribution in [0.3, 0.4) is 0 Å². The van der Waals surface area contributed by atoms with E-state index in [0.29, 0.717) is 6.04 Å². The molecule has 1 aromatic carbocycles. The molecule has 3 rings (SSSR count). The summed E-state index contributed by atoms with van der Waals surface area (Å²) in [6.07, 6.45) is 5.85. The van der Waals surface area contributed by atoms with Crippen molar-refractivity contribution in [2.75, 3.05) is 11.1 Å². The van der Waals surface area contributed by atoms with Gasteiger partial charge < -0.3 is 11.1 Å². The number of nitrogens with two attached hydrogens (primary N) is 1. The second-order valence-electron chi connectivity index (χ2n) is 6.01. The number of halogens is 1. The van der Waals surface area contributed by atoms with Crippen molar-refractivity contribution in [2.45, 2.75) is 38.6 Å². The third kappa shape index (κ3) is 2.33. The largest absolute Gasteiger partial charge is 0.399 e. The molecule has 3 N–H and O–H groups in total. The van der Waals surface area contributed by atoms with E-state index in [9.17, 15) is 0 Å². The van der Waals surface area contributed by atoms with Crippen molar-refractivity contribution in [3.63, 3.8) is 0 Å². The minimum absolute atomic E-state index is 0.581. The first-order valence-corrected chi connectivity index (χ1v) is 8.03. The summed E-state index contributed by atoms with van der Waals surface area (Å²) in [5, 5.41) is 3.70. The van der Waals surface area contributed by atoms with Crippen LogP contribution in [0, 0.1) is 21.3 Å². The Morgan fingerprint density at radius 2 is 2.17 bits per heavy atom. The maximum atomic E-state index is 5.80. The predicted octanol–water partition coefficient (Wildman–Crippen LogP) is 4.11. The number of nitrogens with one attached hydrogen (secondary N) is 1. The van der Waals surface area contributed by atoms with Crippen LogP contribution in [0.2, 0.25) is 0 Å². The molecule has 0 aliphatic heterocycles. The minimum atomic E-state index is 0.581. The lowest BCUT2D eigenvalue weighted by Gasteiger charge is -2.29. The van der Waals surface area contributed by atoms with Gasteiger partial charge in [-0.05, 0) is 84.7 Å². The molecule has 1 aromatic rings. The summed E-state index contributed by atoms with van der Waals surface area (Å²) < 4.78 is 1.22. The Kier molecular flexibility index (Phi) is 3.43. The minimum Gasteiger partial charge on any atom is -0.399 e. The first kappa shape index (κ1) is 12.6. The van der Waals surface area contributed by atoms with Gasteiger partial charge in [-0.3, -0.25) is 0 Å². The Hall–Kier alpha value is -0.450. The number of anilines is 2. The summed E-state index contributed by atoms with van der Waals surface area (Å²) in [4.78, 5) is 0. The third-order valence-electron chi connectivity index (χ3n) is 4.81. The molecule has 4 atom stereocenters. The summed E-state index contributed by atoms with van der Waals surface area (Å²) in [7, 11) is 0. The van der Waals surface area contributed by atoms with Crippen LogP contribution in [-0.2, 0) is 0 Å². The average molecular weight is 356 g/mol. The SMILES string of the molecule is CC(Nc1ccc(N)cc1I)C1CC2CCC1C2. The second kappa shape index (κ2) is 4.91. The van der Waals surface area contributed by atoms with E-state index in [1.165, 1.54) is 34.9 Å². The molecule has 4 unspecified atom stereocenters. The molecule has 2 fully saturated rings. The zero-order valence-corrected chi connectivity index (χ0v) is 13.0. The summed E-state index contributed by atoms with van der Waals surface area (Å²) in [5.74, 6) is 2.87. The van der Waals surface area contributed by atoms with Crippen molar-refractivity contribution >= 4 is 34.0 Å². The maximum Gasteiger partial charge on any atom is 0.0479 e. The summed E-state index contributed by atoms with van der Waals surface area (Å²) >= 11 is 2.36. The van der Waals surface area contributed by atoms with E-state index in [2.05, 4.69) is 40.9 Å². The molecule has 0 spiro atoms. The van der Waals surface area contributed by atoms with Gasteiger partial charge in [-0.25, -0.2) is 0 Å². The summed E-state index contributed by atoms with van der Waals surface area (Å²) in [6.45, 7) is 2.35. The maximum absolute atomic E-state index is 5.80. The van der Waals surface area contributed by atoms with Crippen LogP contribution in [0.25, 0.3) is 0 Å². The van der Waals surface area contributed by atoms with Gasteiger partial charge in [0.15, 0.2) is 0 Å². The molecular weight excluding hydrogens is 335 g/mol. The lowest BCUT2D eigenvalue weighted by Crippen LogP contribution is -2.30. The van der Waals surface area contributed by atoms with Crippen molar-refractivity contribution in [3.05, 3.63) is 21.8 Å². The molecule has 0 amide bonds. The molecule has 0 heterocycles. The van der Waals surface area contributed by atoms with Gasteiger partial charge in [0.2, 0.25) is 0 Å².